The van der Waals surface area contributed by atoms with E-state index in [-0.39, 0.29) is 6.04 Å². The van der Waals surface area contributed by atoms with Gasteiger partial charge in [-0.25, -0.2) is 0 Å². The molecular weight excluding hydrogens is 254 g/mol. The molecule has 1 N–H and O–H groups in total. The van der Waals surface area contributed by atoms with Gasteiger partial charge in [0, 0.05) is 19.6 Å². The first-order valence-corrected chi connectivity index (χ1v) is 7.12. The van der Waals surface area contributed by atoms with Crippen LogP contribution in [-0.4, -0.2) is 44.3 Å². The van der Waals surface area contributed by atoms with Crippen LogP contribution < -0.4 is 14.8 Å². The Balaban J connectivity index is 1.83. The molecule has 1 unspecified atom stereocenters. The van der Waals surface area contributed by atoms with Gasteiger partial charge in [0.15, 0.2) is 11.5 Å². The van der Waals surface area contributed by atoms with E-state index < -0.39 is 0 Å². The van der Waals surface area contributed by atoms with Gasteiger partial charge in [0.2, 0.25) is 0 Å². The van der Waals surface area contributed by atoms with Crippen LogP contribution in [0.15, 0.2) is 18.2 Å². The first-order chi connectivity index (χ1) is 9.88. The molecule has 106 valence electrons. The second kappa shape index (κ2) is 6.12. The second-order valence-electron chi connectivity index (χ2n) is 5.07. The Morgan fingerprint density at radius 2 is 2.00 bits per heavy atom. The molecule has 0 amide bonds. The van der Waals surface area contributed by atoms with Crippen molar-refractivity contribution < 1.29 is 9.47 Å². The molecule has 1 fully saturated rings. The van der Waals surface area contributed by atoms with Gasteiger partial charge >= 0.3 is 0 Å². The molecule has 0 saturated carbocycles. The number of nitriles is 1. The highest BCUT2D eigenvalue weighted by molar-refractivity contribution is 5.45. The minimum atomic E-state index is -0.217. The molecule has 1 saturated heterocycles. The molecule has 1 aromatic rings. The van der Waals surface area contributed by atoms with Gasteiger partial charge in [-0.2, -0.15) is 5.26 Å². The summed E-state index contributed by atoms with van der Waals surface area (Å²) in [6.45, 7) is 4.96. The molecule has 3 rings (SSSR count). The highest BCUT2D eigenvalue weighted by Crippen LogP contribution is 2.34. The van der Waals surface area contributed by atoms with Crippen molar-refractivity contribution in [3.63, 3.8) is 0 Å². The van der Waals surface area contributed by atoms with Gasteiger partial charge in [-0.05, 0) is 30.7 Å². The average molecular weight is 273 g/mol. The molecule has 0 spiro atoms. The SMILES string of the molecule is N#CC(c1ccc2c(c1)OCCO2)N1CCCNCC1. The lowest BCUT2D eigenvalue weighted by molar-refractivity contribution is 0.170. The molecule has 1 aromatic carbocycles. The van der Waals surface area contributed by atoms with Crippen molar-refractivity contribution in [2.45, 2.75) is 12.5 Å². The van der Waals surface area contributed by atoms with Crippen LogP contribution in [0.3, 0.4) is 0 Å². The Bertz CT molecular complexity index is 504. The summed E-state index contributed by atoms with van der Waals surface area (Å²) in [5.74, 6) is 1.52. The summed E-state index contributed by atoms with van der Waals surface area (Å²) in [6, 6.07) is 8.03. The van der Waals surface area contributed by atoms with E-state index in [2.05, 4.69) is 16.3 Å². The van der Waals surface area contributed by atoms with Crippen molar-refractivity contribution in [3.05, 3.63) is 23.8 Å². The van der Waals surface area contributed by atoms with Gasteiger partial charge in [-0.1, -0.05) is 6.07 Å². The van der Waals surface area contributed by atoms with E-state index in [9.17, 15) is 5.26 Å². The van der Waals surface area contributed by atoms with Crippen LogP contribution in [0.5, 0.6) is 11.5 Å². The number of rotatable bonds is 2. The van der Waals surface area contributed by atoms with Gasteiger partial charge in [-0.3, -0.25) is 4.90 Å². The van der Waals surface area contributed by atoms with Crippen LogP contribution in [0.1, 0.15) is 18.0 Å². The van der Waals surface area contributed by atoms with Crippen molar-refractivity contribution in [3.8, 4) is 17.6 Å². The average Bonchev–Trinajstić information content (AvgIpc) is 2.77. The molecule has 0 aliphatic carbocycles. The Labute approximate surface area is 119 Å². The lowest BCUT2D eigenvalue weighted by Crippen LogP contribution is -2.31. The molecule has 2 aliphatic rings. The van der Waals surface area contributed by atoms with Gasteiger partial charge in [0.1, 0.15) is 19.3 Å². The van der Waals surface area contributed by atoms with Crippen molar-refractivity contribution in [1.82, 2.24) is 10.2 Å². The number of benzene rings is 1. The summed E-state index contributed by atoms with van der Waals surface area (Å²) < 4.78 is 11.1. The van der Waals surface area contributed by atoms with E-state index in [0.717, 1.165) is 49.7 Å². The fourth-order valence-corrected chi connectivity index (χ4v) is 2.72. The number of nitrogens with zero attached hydrogens (tertiary/aromatic N) is 2. The van der Waals surface area contributed by atoms with E-state index in [1.165, 1.54) is 0 Å². The van der Waals surface area contributed by atoms with Crippen LogP contribution in [0.2, 0.25) is 0 Å². The van der Waals surface area contributed by atoms with E-state index in [4.69, 9.17) is 9.47 Å². The summed E-state index contributed by atoms with van der Waals surface area (Å²) in [6.07, 6.45) is 1.07. The van der Waals surface area contributed by atoms with Crippen molar-refractivity contribution in [1.29, 1.82) is 5.26 Å². The summed E-state index contributed by atoms with van der Waals surface area (Å²) in [7, 11) is 0. The third-order valence-electron chi connectivity index (χ3n) is 3.74. The van der Waals surface area contributed by atoms with Gasteiger partial charge in [-0.15, -0.1) is 0 Å². The number of hydrogen-bond acceptors (Lipinski definition) is 5. The third kappa shape index (κ3) is 2.72. The predicted octanol–water partition coefficient (Wildman–Crippen LogP) is 1.32. The first kappa shape index (κ1) is 13.2. The van der Waals surface area contributed by atoms with Crippen LogP contribution >= 0.6 is 0 Å². The summed E-state index contributed by atoms with van der Waals surface area (Å²) in [5, 5.41) is 12.9. The van der Waals surface area contributed by atoms with Crippen molar-refractivity contribution in [2.75, 3.05) is 39.4 Å². The highest BCUT2D eigenvalue weighted by atomic mass is 16.6. The number of fused-ring (bicyclic) bond motifs is 1. The minimum absolute atomic E-state index is 0.217. The van der Waals surface area contributed by atoms with E-state index in [1.807, 2.05) is 18.2 Å². The zero-order valence-electron chi connectivity index (χ0n) is 11.5. The van der Waals surface area contributed by atoms with Crippen LogP contribution in [0, 0.1) is 11.3 Å². The Morgan fingerprint density at radius 1 is 1.15 bits per heavy atom. The molecule has 20 heavy (non-hydrogen) atoms. The van der Waals surface area contributed by atoms with E-state index >= 15 is 0 Å². The Morgan fingerprint density at radius 3 is 2.85 bits per heavy atom. The maximum Gasteiger partial charge on any atom is 0.161 e. The third-order valence-corrected chi connectivity index (χ3v) is 3.74. The summed E-state index contributed by atoms with van der Waals surface area (Å²) in [4.78, 5) is 2.23. The number of ether oxygens (including phenoxy) is 2. The first-order valence-electron chi connectivity index (χ1n) is 7.12. The Hall–Kier alpha value is -1.77. The number of hydrogen-bond donors (Lipinski definition) is 1. The van der Waals surface area contributed by atoms with Crippen LogP contribution in [0.4, 0.5) is 0 Å². The molecule has 1 atom stereocenters. The second-order valence-corrected chi connectivity index (χ2v) is 5.07. The van der Waals surface area contributed by atoms with Crippen LogP contribution in [0.25, 0.3) is 0 Å². The van der Waals surface area contributed by atoms with Crippen molar-refractivity contribution >= 4 is 0 Å². The molecule has 2 heterocycles. The van der Waals surface area contributed by atoms with E-state index in [0.29, 0.717) is 13.2 Å². The molecular formula is C15H19N3O2. The smallest absolute Gasteiger partial charge is 0.161 e. The lowest BCUT2D eigenvalue weighted by Gasteiger charge is -2.26. The largest absolute Gasteiger partial charge is 0.486 e. The zero-order chi connectivity index (χ0) is 13.8. The molecule has 0 aromatic heterocycles. The minimum Gasteiger partial charge on any atom is -0.486 e. The van der Waals surface area contributed by atoms with E-state index in [1.54, 1.807) is 0 Å². The maximum atomic E-state index is 9.54. The number of nitrogens with one attached hydrogen (secondary N) is 1. The van der Waals surface area contributed by atoms with Gasteiger partial charge in [0.05, 0.1) is 6.07 Å². The summed E-state index contributed by atoms with van der Waals surface area (Å²) in [5.41, 5.74) is 0.985. The molecule has 0 bridgehead atoms. The zero-order valence-corrected chi connectivity index (χ0v) is 11.5. The molecule has 5 nitrogen and oxygen atoms in total. The fraction of sp³-hybridized carbons (Fsp3) is 0.533. The molecule has 2 aliphatic heterocycles. The van der Waals surface area contributed by atoms with Crippen molar-refractivity contribution in [2.24, 2.45) is 0 Å². The normalized spacial score (nSPS) is 20.8. The maximum absolute atomic E-state index is 9.54. The summed E-state index contributed by atoms with van der Waals surface area (Å²) >= 11 is 0. The molecule has 0 radical (unpaired) electrons. The monoisotopic (exact) mass is 273 g/mol. The van der Waals surface area contributed by atoms with Gasteiger partial charge in [0.25, 0.3) is 0 Å². The highest BCUT2D eigenvalue weighted by Gasteiger charge is 2.23. The van der Waals surface area contributed by atoms with Crippen LogP contribution in [-0.2, 0) is 0 Å². The lowest BCUT2D eigenvalue weighted by atomic mass is 10.1. The quantitative estimate of drug-likeness (QED) is 0.880. The molecule has 5 heteroatoms. The Kier molecular flexibility index (Phi) is 4.05. The van der Waals surface area contributed by atoms with Gasteiger partial charge < -0.3 is 14.8 Å². The topological polar surface area (TPSA) is 57.5 Å². The fourth-order valence-electron chi connectivity index (χ4n) is 2.72. The predicted molar refractivity (Wildman–Crippen MR) is 74.8 cm³/mol. The standard InChI is InChI=1S/C15H19N3O2/c16-11-13(18-6-1-4-17-5-7-18)12-2-3-14-15(10-12)20-9-8-19-14/h2-3,10,13,17H,1,4-9H2.